The zero-order chi connectivity index (χ0) is 20.0. The predicted molar refractivity (Wildman–Crippen MR) is 99.4 cm³/mol. The minimum atomic E-state index is -4.38. The average molecular weight is 404 g/mol. The molecule has 3 N–H and O–H groups in total. The van der Waals surface area contributed by atoms with Gasteiger partial charge in [0.2, 0.25) is 0 Å². The van der Waals surface area contributed by atoms with Gasteiger partial charge in [-0.15, -0.1) is 11.3 Å². The molecule has 1 aliphatic carbocycles. The van der Waals surface area contributed by atoms with Crippen LogP contribution < -0.4 is 22.3 Å². The Morgan fingerprint density at radius 3 is 2.52 bits per heavy atom. The van der Waals surface area contributed by atoms with Crippen molar-refractivity contribution in [3.05, 3.63) is 31.3 Å². The molecule has 10 heteroatoms. The predicted octanol–water partition coefficient (Wildman–Crippen LogP) is 2.04. The molecule has 2 aromatic heterocycles. The molecule has 6 nitrogen and oxygen atoms in total. The van der Waals surface area contributed by atoms with Crippen LogP contribution in [0.1, 0.15) is 36.6 Å². The molecule has 1 saturated carbocycles. The Kier molecular flexibility index (Phi) is 5.26. The molecular weight excluding hydrogens is 381 g/mol. The Morgan fingerprint density at radius 2 is 1.96 bits per heavy atom. The molecule has 1 fully saturated rings. The smallest absolute Gasteiger partial charge is 0.329 e. The molecule has 1 aliphatic rings. The first-order valence-corrected chi connectivity index (χ1v) is 9.66. The maximum atomic E-state index is 13.0. The molecular formula is C17H23F3N4O2S. The van der Waals surface area contributed by atoms with Crippen molar-refractivity contribution in [3.63, 3.8) is 0 Å². The van der Waals surface area contributed by atoms with Crippen LogP contribution in [-0.2, 0) is 18.6 Å². The van der Waals surface area contributed by atoms with Gasteiger partial charge in [-0.1, -0.05) is 0 Å². The lowest BCUT2D eigenvalue weighted by molar-refractivity contribution is -0.136. The number of aromatic nitrogens is 2. The van der Waals surface area contributed by atoms with Crippen LogP contribution in [0.5, 0.6) is 0 Å². The maximum absolute atomic E-state index is 13.0. The van der Waals surface area contributed by atoms with Crippen LogP contribution in [0.15, 0.2) is 9.59 Å². The zero-order valence-corrected chi connectivity index (χ0v) is 16.1. The fourth-order valence-corrected chi connectivity index (χ4v) is 4.47. The molecule has 0 bridgehead atoms. The molecule has 2 heterocycles. The van der Waals surface area contributed by atoms with Gasteiger partial charge in [-0.25, -0.2) is 4.79 Å². The summed E-state index contributed by atoms with van der Waals surface area (Å²) in [6.45, 7) is 4.55. The zero-order valence-electron chi connectivity index (χ0n) is 15.3. The van der Waals surface area contributed by atoms with Gasteiger partial charge in [-0.2, -0.15) is 13.2 Å². The molecule has 0 radical (unpaired) electrons. The Labute approximate surface area is 157 Å². The van der Waals surface area contributed by atoms with E-state index in [0.29, 0.717) is 48.3 Å². The molecule has 0 spiro atoms. The number of fused-ring (bicyclic) bond motifs is 1. The second kappa shape index (κ2) is 7.06. The molecule has 0 aliphatic heterocycles. The average Bonchev–Trinajstić information content (AvgIpc) is 3.21. The number of alkyl halides is 3. The summed E-state index contributed by atoms with van der Waals surface area (Å²) in [5.41, 5.74) is 4.51. The monoisotopic (exact) mass is 404 g/mol. The van der Waals surface area contributed by atoms with Crippen molar-refractivity contribution in [1.29, 1.82) is 0 Å². The van der Waals surface area contributed by atoms with Gasteiger partial charge in [0.05, 0.1) is 17.3 Å². The fraction of sp³-hybridized carbons (Fsp3) is 0.647. The lowest BCUT2D eigenvalue weighted by atomic mass is 10.2. The van der Waals surface area contributed by atoms with Crippen molar-refractivity contribution in [3.8, 4) is 0 Å². The van der Waals surface area contributed by atoms with E-state index in [1.165, 1.54) is 11.3 Å². The molecule has 2 aromatic rings. The van der Waals surface area contributed by atoms with Crippen LogP contribution in [0.3, 0.4) is 0 Å². The van der Waals surface area contributed by atoms with Crippen LogP contribution in [-0.4, -0.2) is 28.4 Å². The number of aryl methyl sites for hydroxylation is 2. The molecule has 150 valence electrons. The Morgan fingerprint density at radius 1 is 1.30 bits per heavy atom. The molecule has 0 aromatic carbocycles. The third kappa shape index (κ3) is 3.83. The van der Waals surface area contributed by atoms with E-state index in [-0.39, 0.29) is 0 Å². The van der Waals surface area contributed by atoms with Gasteiger partial charge in [-0.05, 0) is 32.3 Å². The van der Waals surface area contributed by atoms with Crippen molar-refractivity contribution in [2.24, 2.45) is 5.73 Å². The summed E-state index contributed by atoms with van der Waals surface area (Å²) in [7, 11) is 0. The van der Waals surface area contributed by atoms with Gasteiger partial charge >= 0.3 is 11.9 Å². The van der Waals surface area contributed by atoms with E-state index < -0.39 is 35.9 Å². The number of rotatable bonds is 7. The topological polar surface area (TPSA) is 82.1 Å². The number of nitrogens with one attached hydrogen (secondary N) is 1. The molecule has 0 unspecified atom stereocenters. The fourth-order valence-electron chi connectivity index (χ4n) is 3.18. The normalized spacial score (nSPS) is 16.2. The first kappa shape index (κ1) is 20.1. The summed E-state index contributed by atoms with van der Waals surface area (Å²) in [5, 5.41) is 3.48. The van der Waals surface area contributed by atoms with Gasteiger partial charge in [0, 0.05) is 31.1 Å². The number of thiophene rings is 1. The second-order valence-corrected chi connectivity index (χ2v) is 8.32. The third-order valence-corrected chi connectivity index (χ3v) is 6.37. The van der Waals surface area contributed by atoms with Gasteiger partial charge in [0.15, 0.2) is 0 Å². The van der Waals surface area contributed by atoms with Crippen LogP contribution >= 0.6 is 11.3 Å². The number of hydrogen-bond acceptors (Lipinski definition) is 5. The van der Waals surface area contributed by atoms with E-state index >= 15 is 0 Å². The van der Waals surface area contributed by atoms with Gasteiger partial charge in [0.1, 0.15) is 4.83 Å². The highest BCUT2D eigenvalue weighted by molar-refractivity contribution is 7.18. The van der Waals surface area contributed by atoms with E-state index in [0.717, 1.165) is 14.0 Å². The highest BCUT2D eigenvalue weighted by atomic mass is 32.1. The van der Waals surface area contributed by atoms with Crippen molar-refractivity contribution >= 4 is 21.6 Å². The Hall–Kier alpha value is -1.65. The summed E-state index contributed by atoms with van der Waals surface area (Å²) >= 11 is 1.20. The summed E-state index contributed by atoms with van der Waals surface area (Å²) in [6.07, 6.45) is -4.16. The van der Waals surface area contributed by atoms with Crippen LogP contribution in [0.2, 0.25) is 0 Å². The highest BCUT2D eigenvalue weighted by Crippen LogP contribution is 2.41. The lowest BCUT2D eigenvalue weighted by Crippen LogP contribution is -2.44. The Balaban J connectivity index is 2.19. The summed E-state index contributed by atoms with van der Waals surface area (Å²) < 4.78 is 40.6. The van der Waals surface area contributed by atoms with Crippen molar-refractivity contribution < 1.29 is 13.2 Å². The quantitative estimate of drug-likeness (QED) is 0.692. The van der Waals surface area contributed by atoms with Crippen molar-refractivity contribution in [2.45, 2.75) is 57.9 Å². The van der Waals surface area contributed by atoms with E-state index in [1.807, 2.05) is 0 Å². The first-order valence-electron chi connectivity index (χ1n) is 8.85. The molecule has 3 rings (SSSR count). The van der Waals surface area contributed by atoms with Crippen molar-refractivity contribution in [2.75, 3.05) is 13.1 Å². The Bertz CT molecular complexity index is 970. The summed E-state index contributed by atoms with van der Waals surface area (Å²) in [6, 6.07) is 0. The number of nitrogens with zero attached hydrogens (tertiary/aromatic N) is 2. The molecule has 0 saturated heterocycles. The number of hydrogen-bond donors (Lipinski definition) is 2. The lowest BCUT2D eigenvalue weighted by Gasteiger charge is -2.17. The minimum Gasteiger partial charge on any atom is -0.329 e. The standard InChI is InChI=1S/C17H23F3N4O2S/c1-10-11(9-22-7-6-21)27-14-12(10)13(25)24(16(2)3-4-16)15(26)23(14)8-5-17(18,19)20/h22H,3-9,21H2,1-2H3. The van der Waals surface area contributed by atoms with Gasteiger partial charge in [0.25, 0.3) is 5.56 Å². The third-order valence-electron chi connectivity index (χ3n) is 5.05. The summed E-state index contributed by atoms with van der Waals surface area (Å²) in [5.74, 6) is 0. The second-order valence-electron chi connectivity index (χ2n) is 7.23. The maximum Gasteiger partial charge on any atom is 0.390 e. The van der Waals surface area contributed by atoms with Crippen molar-refractivity contribution in [1.82, 2.24) is 14.5 Å². The number of nitrogens with two attached hydrogens (primary N) is 1. The molecule has 0 atom stereocenters. The summed E-state index contributed by atoms with van der Waals surface area (Å²) in [4.78, 5) is 27.1. The van der Waals surface area contributed by atoms with Crippen LogP contribution in [0.25, 0.3) is 10.2 Å². The van der Waals surface area contributed by atoms with Gasteiger partial charge in [-0.3, -0.25) is 13.9 Å². The van der Waals surface area contributed by atoms with Crippen LogP contribution in [0, 0.1) is 6.92 Å². The van der Waals surface area contributed by atoms with E-state index in [4.69, 9.17) is 5.73 Å². The number of halogens is 3. The molecule has 27 heavy (non-hydrogen) atoms. The van der Waals surface area contributed by atoms with Crippen LogP contribution in [0.4, 0.5) is 13.2 Å². The SMILES string of the molecule is Cc1c(CNCCN)sc2c1c(=O)n(C1(C)CC1)c(=O)n2CCC(F)(F)F. The van der Waals surface area contributed by atoms with E-state index in [1.54, 1.807) is 13.8 Å². The van der Waals surface area contributed by atoms with E-state index in [9.17, 15) is 22.8 Å². The highest BCUT2D eigenvalue weighted by Gasteiger charge is 2.43. The minimum absolute atomic E-state index is 0.316. The van der Waals surface area contributed by atoms with Gasteiger partial charge < -0.3 is 11.1 Å². The first-order chi connectivity index (χ1) is 12.6. The largest absolute Gasteiger partial charge is 0.390 e. The molecule has 0 amide bonds. The van der Waals surface area contributed by atoms with E-state index in [2.05, 4.69) is 5.32 Å².